The van der Waals surface area contributed by atoms with Crippen LogP contribution in [-0.4, -0.2) is 50.9 Å². The van der Waals surface area contributed by atoms with Gasteiger partial charge in [-0.2, -0.15) is 4.68 Å². The number of nitrogens with one attached hydrogen (secondary N) is 1. The fraction of sp³-hybridized carbons (Fsp3) is 0.375. The molecule has 1 N–H and O–H groups in total. The minimum absolute atomic E-state index is 0.0558. The Morgan fingerprint density at radius 2 is 2.04 bits per heavy atom. The summed E-state index contributed by atoms with van der Waals surface area (Å²) in [4.78, 5) is 38.1. The lowest BCUT2D eigenvalue weighted by molar-refractivity contribution is 0.189. The number of fused-ring (bicyclic) bond motifs is 2. The molecule has 1 fully saturated rings. The van der Waals surface area contributed by atoms with Gasteiger partial charge in [0.05, 0.1) is 5.69 Å². The van der Waals surface area contributed by atoms with Gasteiger partial charge in [0.2, 0.25) is 4.80 Å². The fourth-order valence-corrected chi connectivity index (χ4v) is 4.12. The van der Waals surface area contributed by atoms with Gasteiger partial charge >= 0.3 is 6.03 Å². The zero-order chi connectivity index (χ0) is 17.6. The van der Waals surface area contributed by atoms with Gasteiger partial charge in [0.15, 0.2) is 12.3 Å². The van der Waals surface area contributed by atoms with Crippen LogP contribution in [0.3, 0.4) is 0 Å². The zero-order valence-electron chi connectivity index (χ0n) is 13.9. The number of hydrogen-bond donors (Lipinski definition) is 1. The van der Waals surface area contributed by atoms with Crippen LogP contribution in [0.2, 0.25) is 0 Å². The summed E-state index contributed by atoms with van der Waals surface area (Å²) in [7, 11) is 0. The lowest BCUT2D eigenvalue weighted by Gasteiger charge is -2.28. The highest BCUT2D eigenvalue weighted by Crippen LogP contribution is 2.23. The average Bonchev–Trinajstić information content (AvgIpc) is 3.07. The molecule has 0 aromatic carbocycles. The molecule has 9 heteroatoms. The van der Waals surface area contributed by atoms with Gasteiger partial charge < -0.3 is 0 Å². The van der Waals surface area contributed by atoms with Gasteiger partial charge in [0.1, 0.15) is 4.53 Å². The van der Waals surface area contributed by atoms with Crippen LogP contribution in [0, 0.1) is 0 Å². The summed E-state index contributed by atoms with van der Waals surface area (Å²) in [6, 6.07) is 5.50. The fourth-order valence-electron chi connectivity index (χ4n) is 3.17. The molecule has 2 aromatic heterocycles. The average molecular weight is 358 g/mol. The number of likely N-dealkylation sites (N-methyl/N-ethyl adjacent to an activating group) is 2. The monoisotopic (exact) mass is 358 g/mol. The van der Waals surface area contributed by atoms with Crippen molar-refractivity contribution in [1.29, 1.82) is 0 Å². The Labute approximate surface area is 147 Å². The Morgan fingerprint density at radius 1 is 1.24 bits per heavy atom. The van der Waals surface area contributed by atoms with Crippen LogP contribution in [0.25, 0.3) is 6.08 Å². The highest BCUT2D eigenvalue weighted by atomic mass is 32.1. The molecule has 25 heavy (non-hydrogen) atoms. The third-order valence-corrected chi connectivity index (χ3v) is 5.37. The van der Waals surface area contributed by atoms with Crippen LogP contribution in [0.15, 0.2) is 34.2 Å². The number of rotatable bonds is 3. The van der Waals surface area contributed by atoms with Crippen LogP contribution in [0.5, 0.6) is 0 Å². The molecule has 2 unspecified atom stereocenters. The maximum Gasteiger partial charge on any atom is 0.323 e. The molecule has 0 radical (unpaired) electrons. The quantitative estimate of drug-likeness (QED) is 0.820. The van der Waals surface area contributed by atoms with Gasteiger partial charge in [-0.1, -0.05) is 17.4 Å². The molecule has 0 aliphatic carbocycles. The summed E-state index contributed by atoms with van der Waals surface area (Å²) in [5.41, 5.74) is 3.72. The summed E-state index contributed by atoms with van der Waals surface area (Å²) in [5.74, 6) is 0. The van der Waals surface area contributed by atoms with E-state index in [1.165, 1.54) is 16.0 Å². The van der Waals surface area contributed by atoms with Crippen molar-refractivity contribution in [1.82, 2.24) is 19.5 Å². The van der Waals surface area contributed by atoms with E-state index >= 15 is 0 Å². The van der Waals surface area contributed by atoms with Gasteiger partial charge in [-0.15, -0.1) is 0 Å². The van der Waals surface area contributed by atoms with E-state index in [0.717, 1.165) is 5.69 Å². The molecule has 8 nitrogen and oxygen atoms in total. The molecule has 2 amide bonds. The second kappa shape index (κ2) is 5.99. The molecule has 0 saturated carbocycles. The summed E-state index contributed by atoms with van der Waals surface area (Å²) in [5, 5.41) is 0. The third kappa shape index (κ3) is 2.42. The van der Waals surface area contributed by atoms with E-state index in [1.54, 1.807) is 22.1 Å². The van der Waals surface area contributed by atoms with Crippen molar-refractivity contribution in [2.75, 3.05) is 18.5 Å². The molecule has 0 bridgehead atoms. The molecule has 4 rings (SSSR count). The molecule has 2 atom stereocenters. The van der Waals surface area contributed by atoms with Crippen LogP contribution in [0.1, 0.15) is 19.5 Å². The van der Waals surface area contributed by atoms with E-state index in [2.05, 4.69) is 15.4 Å². The minimum Gasteiger partial charge on any atom is -0.299 e. The standard InChI is InChI=1S/C16H18N6O2S/c1-3-20-12-13(21(4-2)16(20)24)19-22-14(23)11(25-15(22)18-12)9-10-7-5-6-8-17-10/h5-9,12-13,19H,3-4H2,1-2H3/b11-9-. The zero-order valence-corrected chi connectivity index (χ0v) is 14.7. The van der Waals surface area contributed by atoms with E-state index in [9.17, 15) is 9.59 Å². The van der Waals surface area contributed by atoms with Crippen LogP contribution >= 0.6 is 11.3 Å². The topological polar surface area (TPSA) is 82.8 Å². The maximum absolute atomic E-state index is 12.7. The molecule has 130 valence electrons. The molecule has 2 aromatic rings. The van der Waals surface area contributed by atoms with E-state index < -0.39 is 0 Å². The van der Waals surface area contributed by atoms with Crippen molar-refractivity contribution in [3.05, 3.63) is 49.8 Å². The smallest absolute Gasteiger partial charge is 0.299 e. The number of amides is 2. The summed E-state index contributed by atoms with van der Waals surface area (Å²) < 4.78 is 2.00. The largest absolute Gasteiger partial charge is 0.323 e. The number of carbonyl (C=O) groups excluding carboxylic acids is 1. The van der Waals surface area contributed by atoms with Gasteiger partial charge in [-0.05, 0) is 32.1 Å². The lowest BCUT2D eigenvalue weighted by atomic mass is 10.3. The molecule has 1 saturated heterocycles. The normalized spacial score (nSPS) is 22.5. The summed E-state index contributed by atoms with van der Waals surface area (Å²) in [6.07, 6.45) is 2.79. The number of thiazole rings is 1. The molecule has 0 spiro atoms. The maximum atomic E-state index is 12.7. The summed E-state index contributed by atoms with van der Waals surface area (Å²) in [6.45, 7) is 4.98. The Bertz CT molecular complexity index is 982. The number of carbonyl (C=O) groups is 1. The van der Waals surface area contributed by atoms with Crippen molar-refractivity contribution in [2.45, 2.75) is 26.2 Å². The Morgan fingerprint density at radius 3 is 2.72 bits per heavy atom. The molecular weight excluding hydrogens is 340 g/mol. The number of pyridine rings is 1. The molecular formula is C16H18N6O2S. The number of aromatic nitrogens is 2. The van der Waals surface area contributed by atoms with Gasteiger partial charge in [-0.3, -0.25) is 25.0 Å². The minimum atomic E-state index is -0.333. The van der Waals surface area contributed by atoms with E-state index in [-0.39, 0.29) is 23.9 Å². The van der Waals surface area contributed by atoms with Crippen LogP contribution in [-0.2, 0) is 0 Å². The second-order valence-electron chi connectivity index (χ2n) is 5.76. The predicted molar refractivity (Wildman–Crippen MR) is 94.3 cm³/mol. The SMILES string of the molecule is CCN1C(=O)N(CC)C2Nn3c(s/c(=C\c4ccccn4)c3=O)=NC21. The van der Waals surface area contributed by atoms with Crippen LogP contribution < -0.4 is 20.3 Å². The number of hydrogen-bond acceptors (Lipinski definition) is 6. The first-order chi connectivity index (χ1) is 12.1. The van der Waals surface area contributed by atoms with Gasteiger partial charge in [0.25, 0.3) is 5.56 Å². The third-order valence-electron chi connectivity index (χ3n) is 4.39. The predicted octanol–water partition coefficient (Wildman–Crippen LogP) is -0.260. The molecule has 2 aliphatic heterocycles. The van der Waals surface area contributed by atoms with Crippen molar-refractivity contribution in [2.24, 2.45) is 4.99 Å². The van der Waals surface area contributed by atoms with Gasteiger partial charge in [0, 0.05) is 19.3 Å². The van der Waals surface area contributed by atoms with Crippen molar-refractivity contribution < 1.29 is 4.79 Å². The highest BCUT2D eigenvalue weighted by molar-refractivity contribution is 7.07. The van der Waals surface area contributed by atoms with Crippen molar-refractivity contribution >= 4 is 23.4 Å². The van der Waals surface area contributed by atoms with Crippen molar-refractivity contribution in [3.63, 3.8) is 0 Å². The van der Waals surface area contributed by atoms with E-state index in [4.69, 9.17) is 0 Å². The first-order valence-electron chi connectivity index (χ1n) is 8.20. The number of urea groups is 1. The molecule has 4 heterocycles. The molecule has 2 aliphatic rings. The summed E-state index contributed by atoms with van der Waals surface area (Å²) >= 11 is 1.30. The highest BCUT2D eigenvalue weighted by Gasteiger charge is 2.46. The van der Waals surface area contributed by atoms with E-state index in [1.807, 2.05) is 32.0 Å². The Hall–Kier alpha value is -2.68. The van der Waals surface area contributed by atoms with Gasteiger partial charge in [-0.25, -0.2) is 9.79 Å². The van der Waals surface area contributed by atoms with Crippen molar-refractivity contribution in [3.8, 4) is 0 Å². The Kier molecular flexibility index (Phi) is 3.79. The van der Waals surface area contributed by atoms with E-state index in [0.29, 0.717) is 22.4 Å². The first-order valence-corrected chi connectivity index (χ1v) is 9.02. The van der Waals surface area contributed by atoms with Crippen LogP contribution in [0.4, 0.5) is 4.79 Å². The Balaban J connectivity index is 1.82. The number of nitrogens with zero attached hydrogens (tertiary/aromatic N) is 5. The first kappa shape index (κ1) is 15.8. The second-order valence-corrected chi connectivity index (χ2v) is 6.77. The lowest BCUT2D eigenvalue weighted by Crippen LogP contribution is -2.55.